The number of benzene rings is 1. The van der Waals surface area contributed by atoms with Crippen molar-refractivity contribution in [2.45, 2.75) is 18.9 Å². The molecule has 1 aliphatic carbocycles. The van der Waals surface area contributed by atoms with E-state index in [-0.39, 0.29) is 11.9 Å². The van der Waals surface area contributed by atoms with E-state index in [0.29, 0.717) is 17.2 Å². The van der Waals surface area contributed by atoms with Gasteiger partial charge in [-0.25, -0.2) is 9.18 Å². The Balaban J connectivity index is 1.92. The minimum absolute atomic E-state index is 0.121. The molecule has 1 aromatic carbocycles. The van der Waals surface area contributed by atoms with E-state index >= 15 is 0 Å². The van der Waals surface area contributed by atoms with E-state index in [0.717, 1.165) is 12.8 Å². The standard InChI is InChI=1S/C16H16FNO2S/c1-20-16(19)12-7-6-11(17)9-13(12)18-15(10-4-5-10)14-3-2-8-21-14/h2-3,6-10,15,18H,4-5H2,1H3. The second-order valence-corrected chi connectivity index (χ2v) is 6.14. The molecule has 0 saturated heterocycles. The largest absolute Gasteiger partial charge is 0.465 e. The van der Waals surface area contributed by atoms with Crippen LogP contribution < -0.4 is 5.32 Å². The Morgan fingerprint density at radius 1 is 1.43 bits per heavy atom. The molecule has 1 N–H and O–H groups in total. The van der Waals surface area contributed by atoms with Crippen molar-refractivity contribution < 1.29 is 13.9 Å². The minimum Gasteiger partial charge on any atom is -0.465 e. The van der Waals surface area contributed by atoms with Crippen LogP contribution in [0.2, 0.25) is 0 Å². The average Bonchev–Trinajstić information content (AvgIpc) is 3.18. The second-order valence-electron chi connectivity index (χ2n) is 5.16. The molecule has 2 aromatic rings. The molecule has 0 spiro atoms. The molecule has 5 heteroatoms. The van der Waals surface area contributed by atoms with Gasteiger partial charge in [0.15, 0.2) is 0 Å². The number of rotatable bonds is 5. The van der Waals surface area contributed by atoms with Gasteiger partial charge in [-0.3, -0.25) is 0 Å². The maximum atomic E-state index is 13.5. The normalized spacial score (nSPS) is 15.5. The molecule has 1 aliphatic rings. The fourth-order valence-electron chi connectivity index (χ4n) is 2.41. The van der Waals surface area contributed by atoms with Crippen molar-refractivity contribution in [1.82, 2.24) is 0 Å². The van der Waals surface area contributed by atoms with Crippen LogP contribution in [0.4, 0.5) is 10.1 Å². The molecule has 1 aromatic heterocycles. The summed E-state index contributed by atoms with van der Waals surface area (Å²) in [4.78, 5) is 13.0. The lowest BCUT2D eigenvalue weighted by Crippen LogP contribution is -2.15. The number of nitrogens with one attached hydrogen (secondary N) is 1. The van der Waals surface area contributed by atoms with Crippen LogP contribution in [0.25, 0.3) is 0 Å². The predicted molar refractivity (Wildman–Crippen MR) is 81.1 cm³/mol. The number of carbonyl (C=O) groups is 1. The van der Waals surface area contributed by atoms with Crippen LogP contribution in [0.5, 0.6) is 0 Å². The summed E-state index contributed by atoms with van der Waals surface area (Å²) in [5.41, 5.74) is 0.855. The molecule has 0 bridgehead atoms. The highest BCUT2D eigenvalue weighted by molar-refractivity contribution is 7.10. The van der Waals surface area contributed by atoms with Gasteiger partial charge in [0, 0.05) is 4.88 Å². The SMILES string of the molecule is COC(=O)c1ccc(F)cc1NC(c1cccs1)C1CC1. The molecule has 1 unspecified atom stereocenters. The van der Waals surface area contributed by atoms with Gasteiger partial charge in [0.1, 0.15) is 5.82 Å². The van der Waals surface area contributed by atoms with Gasteiger partial charge in [-0.15, -0.1) is 11.3 Å². The first kappa shape index (κ1) is 14.1. The summed E-state index contributed by atoms with van der Waals surface area (Å²) in [5.74, 6) is -0.290. The zero-order valence-corrected chi connectivity index (χ0v) is 12.5. The van der Waals surface area contributed by atoms with Gasteiger partial charge in [0.2, 0.25) is 0 Å². The lowest BCUT2D eigenvalue weighted by molar-refractivity contribution is 0.0601. The van der Waals surface area contributed by atoms with E-state index in [2.05, 4.69) is 11.4 Å². The molecule has 1 saturated carbocycles. The number of thiophene rings is 1. The Morgan fingerprint density at radius 2 is 2.24 bits per heavy atom. The van der Waals surface area contributed by atoms with Gasteiger partial charge in [0.25, 0.3) is 0 Å². The summed E-state index contributed by atoms with van der Waals surface area (Å²) in [6, 6.07) is 8.28. The third-order valence-corrected chi connectivity index (χ3v) is 4.60. The van der Waals surface area contributed by atoms with Crippen molar-refractivity contribution in [1.29, 1.82) is 0 Å². The minimum atomic E-state index is -0.460. The smallest absolute Gasteiger partial charge is 0.339 e. The molecule has 0 radical (unpaired) electrons. The number of halogens is 1. The summed E-state index contributed by atoms with van der Waals surface area (Å²) in [5, 5.41) is 5.36. The number of anilines is 1. The quantitative estimate of drug-likeness (QED) is 0.840. The molecule has 1 atom stereocenters. The molecule has 3 nitrogen and oxygen atoms in total. The first-order valence-electron chi connectivity index (χ1n) is 6.87. The Bertz CT molecular complexity index is 638. The van der Waals surface area contributed by atoms with Crippen LogP contribution >= 0.6 is 11.3 Å². The van der Waals surface area contributed by atoms with Crippen LogP contribution in [0.3, 0.4) is 0 Å². The summed E-state index contributed by atoms with van der Waals surface area (Å²) < 4.78 is 18.3. The lowest BCUT2D eigenvalue weighted by atomic mass is 10.1. The topological polar surface area (TPSA) is 38.3 Å². The average molecular weight is 305 g/mol. The van der Waals surface area contributed by atoms with E-state index in [4.69, 9.17) is 4.74 Å². The molecule has 1 fully saturated rings. The van der Waals surface area contributed by atoms with Crippen LogP contribution in [0, 0.1) is 11.7 Å². The van der Waals surface area contributed by atoms with E-state index in [1.54, 1.807) is 11.3 Å². The molecule has 3 rings (SSSR count). The molecule has 1 heterocycles. The summed E-state index contributed by atoms with van der Waals surface area (Å²) in [6.07, 6.45) is 2.30. The van der Waals surface area contributed by atoms with Crippen LogP contribution in [0.1, 0.15) is 34.1 Å². The Kier molecular flexibility index (Phi) is 3.92. The zero-order chi connectivity index (χ0) is 14.8. The van der Waals surface area contributed by atoms with Gasteiger partial charge < -0.3 is 10.1 Å². The van der Waals surface area contributed by atoms with E-state index in [1.165, 1.54) is 30.2 Å². The summed E-state index contributed by atoms with van der Waals surface area (Å²) in [6.45, 7) is 0. The Hall–Kier alpha value is -1.88. The molecule has 0 aliphatic heterocycles. The maximum Gasteiger partial charge on any atom is 0.339 e. The summed E-state index contributed by atoms with van der Waals surface area (Å²) >= 11 is 1.67. The Labute approximate surface area is 126 Å². The van der Waals surface area contributed by atoms with Crippen LogP contribution in [0.15, 0.2) is 35.7 Å². The highest BCUT2D eigenvalue weighted by Gasteiger charge is 2.33. The third-order valence-electron chi connectivity index (χ3n) is 3.64. The van der Waals surface area contributed by atoms with E-state index < -0.39 is 5.97 Å². The number of carbonyl (C=O) groups excluding carboxylic acids is 1. The number of esters is 1. The van der Waals surface area contributed by atoms with Crippen molar-refractivity contribution in [2.75, 3.05) is 12.4 Å². The van der Waals surface area contributed by atoms with Crippen molar-refractivity contribution in [3.8, 4) is 0 Å². The molecular formula is C16H16FNO2S. The molecule has 0 amide bonds. The van der Waals surface area contributed by atoms with Gasteiger partial charge in [-0.1, -0.05) is 6.07 Å². The first-order chi connectivity index (χ1) is 10.2. The number of methoxy groups -OCH3 is 1. The predicted octanol–water partition coefficient (Wildman–Crippen LogP) is 4.24. The van der Waals surface area contributed by atoms with Crippen molar-refractivity contribution in [3.63, 3.8) is 0 Å². The summed E-state index contributed by atoms with van der Waals surface area (Å²) in [7, 11) is 1.33. The van der Waals surface area contributed by atoms with Gasteiger partial charge >= 0.3 is 5.97 Å². The van der Waals surface area contributed by atoms with Gasteiger partial charge in [-0.05, 0) is 48.4 Å². The monoisotopic (exact) mass is 305 g/mol. The van der Waals surface area contributed by atoms with Crippen molar-refractivity contribution >= 4 is 23.0 Å². The molecule has 110 valence electrons. The van der Waals surface area contributed by atoms with Crippen LogP contribution in [-0.4, -0.2) is 13.1 Å². The van der Waals surface area contributed by atoms with Gasteiger partial charge in [0.05, 0.1) is 24.4 Å². The number of ether oxygens (including phenoxy) is 1. The Morgan fingerprint density at radius 3 is 2.86 bits per heavy atom. The first-order valence-corrected chi connectivity index (χ1v) is 7.75. The maximum absolute atomic E-state index is 13.5. The fourth-order valence-corrected chi connectivity index (χ4v) is 3.28. The number of hydrogen-bond donors (Lipinski definition) is 1. The number of hydrogen-bond acceptors (Lipinski definition) is 4. The van der Waals surface area contributed by atoms with Gasteiger partial charge in [-0.2, -0.15) is 0 Å². The van der Waals surface area contributed by atoms with E-state index in [1.807, 2.05) is 11.4 Å². The van der Waals surface area contributed by atoms with Crippen molar-refractivity contribution in [2.24, 2.45) is 5.92 Å². The molecule has 21 heavy (non-hydrogen) atoms. The van der Waals surface area contributed by atoms with Crippen LogP contribution in [-0.2, 0) is 4.74 Å². The zero-order valence-electron chi connectivity index (χ0n) is 11.6. The lowest BCUT2D eigenvalue weighted by Gasteiger charge is -2.20. The third kappa shape index (κ3) is 3.08. The highest BCUT2D eigenvalue weighted by atomic mass is 32.1. The molecular weight excluding hydrogens is 289 g/mol. The fraction of sp³-hybridized carbons (Fsp3) is 0.312. The van der Waals surface area contributed by atoms with Crippen molar-refractivity contribution in [3.05, 3.63) is 52.0 Å². The second kappa shape index (κ2) is 5.85. The van der Waals surface area contributed by atoms with E-state index in [9.17, 15) is 9.18 Å². The highest BCUT2D eigenvalue weighted by Crippen LogP contribution is 2.44.